The first-order valence-electron chi connectivity index (χ1n) is 7.63. The maximum atomic E-state index is 5.85. The van der Waals surface area contributed by atoms with Gasteiger partial charge in [0.05, 0.1) is 19.3 Å². The molecule has 1 saturated heterocycles. The average Bonchev–Trinajstić information content (AvgIpc) is 2.72. The quantitative estimate of drug-likeness (QED) is 0.900. The van der Waals surface area contributed by atoms with Crippen LogP contribution in [0, 0.1) is 6.92 Å². The van der Waals surface area contributed by atoms with Crippen LogP contribution in [0.5, 0.6) is 0 Å². The maximum absolute atomic E-state index is 5.85. The van der Waals surface area contributed by atoms with E-state index in [1.54, 1.807) is 0 Å². The molecule has 0 saturated carbocycles. The number of rotatable bonds is 5. The topological polar surface area (TPSA) is 37.6 Å². The van der Waals surface area contributed by atoms with Gasteiger partial charge in [0.25, 0.3) is 0 Å². The van der Waals surface area contributed by atoms with Crippen LogP contribution in [0.2, 0.25) is 0 Å². The molecule has 4 nitrogen and oxygen atoms in total. The summed E-state index contributed by atoms with van der Waals surface area (Å²) in [6.07, 6.45) is 0.320. The summed E-state index contributed by atoms with van der Waals surface area (Å²) in [5, 5.41) is 3.39. The molecule has 2 unspecified atom stereocenters. The van der Waals surface area contributed by atoms with Crippen LogP contribution >= 0.6 is 0 Å². The molecule has 4 heteroatoms. The molecule has 0 spiro atoms. The average molecular weight is 280 g/mol. The predicted molar refractivity (Wildman–Crippen MR) is 80.7 cm³/mol. The summed E-state index contributed by atoms with van der Waals surface area (Å²) in [6.45, 7) is 14.3. The Labute approximate surface area is 122 Å². The largest absolute Gasteiger partial charge is 0.465 e. The van der Waals surface area contributed by atoms with Crippen LogP contribution in [0.4, 0.5) is 0 Å². The van der Waals surface area contributed by atoms with Crippen LogP contribution in [0.1, 0.15) is 44.8 Å². The van der Waals surface area contributed by atoms with Crippen molar-refractivity contribution in [1.82, 2.24) is 10.2 Å². The number of morpholine rings is 1. The summed E-state index contributed by atoms with van der Waals surface area (Å²) >= 11 is 0. The van der Waals surface area contributed by atoms with E-state index in [1.807, 2.05) is 0 Å². The third kappa shape index (κ3) is 4.08. The van der Waals surface area contributed by atoms with Gasteiger partial charge in [-0.15, -0.1) is 0 Å². The van der Waals surface area contributed by atoms with Gasteiger partial charge in [0, 0.05) is 30.7 Å². The van der Waals surface area contributed by atoms with E-state index < -0.39 is 0 Å². The first-order chi connectivity index (χ1) is 9.45. The van der Waals surface area contributed by atoms with E-state index in [0.29, 0.717) is 18.2 Å². The molecule has 20 heavy (non-hydrogen) atoms. The lowest BCUT2D eigenvalue weighted by Crippen LogP contribution is -2.46. The van der Waals surface area contributed by atoms with Gasteiger partial charge in [-0.3, -0.25) is 4.90 Å². The SMILES string of the molecule is Cc1oc(CNC(C)C)cc1CN1CC(C)OCC1C. The fraction of sp³-hybridized carbons (Fsp3) is 0.750. The van der Waals surface area contributed by atoms with Crippen molar-refractivity contribution in [1.29, 1.82) is 0 Å². The van der Waals surface area contributed by atoms with E-state index >= 15 is 0 Å². The van der Waals surface area contributed by atoms with Crippen molar-refractivity contribution in [2.45, 2.75) is 65.9 Å². The van der Waals surface area contributed by atoms with Crippen LogP contribution in [0.15, 0.2) is 10.5 Å². The minimum absolute atomic E-state index is 0.320. The molecule has 2 atom stereocenters. The summed E-state index contributed by atoms with van der Waals surface area (Å²) in [7, 11) is 0. The molecule has 0 aliphatic carbocycles. The summed E-state index contributed by atoms with van der Waals surface area (Å²) in [5.74, 6) is 2.07. The van der Waals surface area contributed by atoms with E-state index in [2.05, 4.69) is 50.9 Å². The molecule has 0 radical (unpaired) electrons. The zero-order valence-electron chi connectivity index (χ0n) is 13.4. The molecule has 1 aromatic rings. The molecule has 0 aromatic carbocycles. The van der Waals surface area contributed by atoms with Gasteiger partial charge in [-0.2, -0.15) is 0 Å². The fourth-order valence-corrected chi connectivity index (χ4v) is 2.55. The highest BCUT2D eigenvalue weighted by atomic mass is 16.5. The summed E-state index contributed by atoms with van der Waals surface area (Å²) in [6, 6.07) is 3.14. The van der Waals surface area contributed by atoms with Gasteiger partial charge in [-0.05, 0) is 26.8 Å². The molecule has 114 valence electrons. The molecule has 2 heterocycles. The Balaban J connectivity index is 1.98. The minimum atomic E-state index is 0.320. The zero-order chi connectivity index (χ0) is 14.7. The van der Waals surface area contributed by atoms with Crippen LogP contribution in [0.25, 0.3) is 0 Å². The number of hydrogen-bond donors (Lipinski definition) is 1. The highest BCUT2D eigenvalue weighted by Crippen LogP contribution is 2.20. The van der Waals surface area contributed by atoms with E-state index in [0.717, 1.165) is 37.8 Å². The first-order valence-corrected chi connectivity index (χ1v) is 7.63. The van der Waals surface area contributed by atoms with Crippen molar-refractivity contribution in [2.75, 3.05) is 13.2 Å². The predicted octanol–water partition coefficient (Wildman–Crippen LogP) is 2.70. The van der Waals surface area contributed by atoms with Gasteiger partial charge >= 0.3 is 0 Å². The van der Waals surface area contributed by atoms with Crippen molar-refractivity contribution in [3.63, 3.8) is 0 Å². The zero-order valence-corrected chi connectivity index (χ0v) is 13.4. The Kier molecular flexibility index (Phi) is 5.24. The standard InChI is InChI=1S/C16H28N2O2/c1-11(2)17-7-16-6-15(14(5)20-16)9-18-8-13(4)19-10-12(18)3/h6,11-13,17H,7-10H2,1-5H3. The van der Waals surface area contributed by atoms with E-state index in [1.165, 1.54) is 5.56 Å². The summed E-state index contributed by atoms with van der Waals surface area (Å²) < 4.78 is 11.5. The van der Waals surface area contributed by atoms with Gasteiger partial charge in [0.2, 0.25) is 0 Å². The number of nitrogens with one attached hydrogen (secondary N) is 1. The minimum Gasteiger partial charge on any atom is -0.465 e. The van der Waals surface area contributed by atoms with E-state index in [-0.39, 0.29) is 0 Å². The molecule has 0 bridgehead atoms. The third-order valence-electron chi connectivity index (χ3n) is 3.87. The second-order valence-electron chi connectivity index (χ2n) is 6.25. The van der Waals surface area contributed by atoms with Gasteiger partial charge in [-0.1, -0.05) is 13.8 Å². The van der Waals surface area contributed by atoms with Crippen LogP contribution < -0.4 is 5.32 Å². The number of hydrogen-bond acceptors (Lipinski definition) is 4. The molecular formula is C16H28N2O2. The van der Waals surface area contributed by atoms with Gasteiger partial charge in [-0.25, -0.2) is 0 Å². The lowest BCUT2D eigenvalue weighted by atomic mass is 10.1. The van der Waals surface area contributed by atoms with Crippen molar-refractivity contribution in [3.05, 3.63) is 23.2 Å². The molecule has 1 fully saturated rings. The Morgan fingerprint density at radius 2 is 2.15 bits per heavy atom. The van der Waals surface area contributed by atoms with Crippen molar-refractivity contribution in [3.8, 4) is 0 Å². The summed E-state index contributed by atoms with van der Waals surface area (Å²) in [5.41, 5.74) is 1.30. The number of aryl methyl sites for hydroxylation is 1. The van der Waals surface area contributed by atoms with Crippen molar-refractivity contribution < 1.29 is 9.15 Å². The van der Waals surface area contributed by atoms with Crippen LogP contribution in [0.3, 0.4) is 0 Å². The number of nitrogens with zero attached hydrogens (tertiary/aromatic N) is 1. The molecule has 1 aliphatic rings. The Morgan fingerprint density at radius 1 is 1.40 bits per heavy atom. The highest BCUT2D eigenvalue weighted by Gasteiger charge is 2.24. The van der Waals surface area contributed by atoms with Crippen molar-refractivity contribution >= 4 is 0 Å². The Hall–Kier alpha value is -0.840. The van der Waals surface area contributed by atoms with E-state index in [9.17, 15) is 0 Å². The van der Waals surface area contributed by atoms with Gasteiger partial charge in [0.15, 0.2) is 0 Å². The Bertz CT molecular complexity index is 428. The molecule has 0 amide bonds. The summed E-state index contributed by atoms with van der Waals surface area (Å²) in [4.78, 5) is 2.48. The van der Waals surface area contributed by atoms with Gasteiger partial charge < -0.3 is 14.5 Å². The van der Waals surface area contributed by atoms with Crippen LogP contribution in [-0.4, -0.2) is 36.2 Å². The smallest absolute Gasteiger partial charge is 0.118 e. The lowest BCUT2D eigenvalue weighted by molar-refractivity contribution is -0.0527. The maximum Gasteiger partial charge on any atom is 0.118 e. The first kappa shape index (κ1) is 15.5. The molecule has 1 N–H and O–H groups in total. The third-order valence-corrected chi connectivity index (χ3v) is 3.87. The van der Waals surface area contributed by atoms with Crippen LogP contribution in [-0.2, 0) is 17.8 Å². The molecular weight excluding hydrogens is 252 g/mol. The second-order valence-corrected chi connectivity index (χ2v) is 6.25. The monoisotopic (exact) mass is 280 g/mol. The molecule has 1 aliphatic heterocycles. The second kappa shape index (κ2) is 6.74. The highest BCUT2D eigenvalue weighted by molar-refractivity contribution is 5.21. The van der Waals surface area contributed by atoms with Crippen molar-refractivity contribution in [2.24, 2.45) is 0 Å². The Morgan fingerprint density at radius 3 is 2.85 bits per heavy atom. The lowest BCUT2D eigenvalue weighted by Gasteiger charge is -2.36. The number of furan rings is 1. The molecule has 1 aromatic heterocycles. The fourth-order valence-electron chi connectivity index (χ4n) is 2.55. The molecule has 2 rings (SSSR count). The normalized spacial score (nSPS) is 24.5. The number of ether oxygens (including phenoxy) is 1. The van der Waals surface area contributed by atoms with E-state index in [4.69, 9.17) is 9.15 Å². The van der Waals surface area contributed by atoms with Gasteiger partial charge in [0.1, 0.15) is 11.5 Å².